The number of ether oxygens (including phenoxy) is 1. The Kier molecular flexibility index (Phi) is 6.13. The van der Waals surface area contributed by atoms with Crippen molar-refractivity contribution in [2.45, 2.75) is 53.7 Å². The lowest BCUT2D eigenvalue weighted by Crippen LogP contribution is -2.39. The summed E-state index contributed by atoms with van der Waals surface area (Å²) >= 11 is 0. The normalized spacial score (nSPS) is 22.2. The third kappa shape index (κ3) is 4.64. The van der Waals surface area contributed by atoms with Gasteiger partial charge < -0.3 is 15.0 Å². The molecule has 1 aromatic carbocycles. The Bertz CT molecular complexity index is 463. The van der Waals surface area contributed by atoms with Crippen LogP contribution < -0.4 is 15.0 Å². The van der Waals surface area contributed by atoms with Gasteiger partial charge in [-0.15, -0.1) is 0 Å². The summed E-state index contributed by atoms with van der Waals surface area (Å²) in [6.45, 7) is 15.2. The lowest BCUT2D eigenvalue weighted by molar-refractivity contribution is 0.241. The third-order valence-electron chi connectivity index (χ3n) is 4.18. The highest BCUT2D eigenvalue weighted by atomic mass is 16.5. The van der Waals surface area contributed by atoms with Gasteiger partial charge in [0.2, 0.25) is 0 Å². The van der Waals surface area contributed by atoms with Crippen LogP contribution in [-0.2, 0) is 6.54 Å². The van der Waals surface area contributed by atoms with Gasteiger partial charge in [-0.3, -0.25) is 0 Å². The molecule has 0 bridgehead atoms. The maximum absolute atomic E-state index is 6.12. The second-order valence-corrected chi connectivity index (χ2v) is 7.10. The minimum atomic E-state index is 0.202. The van der Waals surface area contributed by atoms with Gasteiger partial charge in [0.05, 0.1) is 11.8 Å². The van der Waals surface area contributed by atoms with E-state index in [1.807, 2.05) is 0 Å². The summed E-state index contributed by atoms with van der Waals surface area (Å²) in [4.78, 5) is 2.51. The SMILES string of the molecule is CCNCc1ccc(N2CC(C)CC(C)C2)c(OC(C)C)c1. The highest BCUT2D eigenvalue weighted by Crippen LogP contribution is 2.34. The third-order valence-corrected chi connectivity index (χ3v) is 4.18. The molecule has 1 fully saturated rings. The second kappa shape index (κ2) is 7.87. The zero-order chi connectivity index (χ0) is 16.1. The Balaban J connectivity index is 2.24. The molecule has 0 aliphatic carbocycles. The first-order valence-electron chi connectivity index (χ1n) is 8.74. The van der Waals surface area contributed by atoms with Crippen LogP contribution in [0.5, 0.6) is 5.75 Å². The Labute approximate surface area is 136 Å². The van der Waals surface area contributed by atoms with Crippen molar-refractivity contribution in [3.05, 3.63) is 23.8 Å². The van der Waals surface area contributed by atoms with Gasteiger partial charge in [0, 0.05) is 19.6 Å². The van der Waals surface area contributed by atoms with Crippen molar-refractivity contribution >= 4 is 5.69 Å². The van der Waals surface area contributed by atoms with Crippen LogP contribution in [0.15, 0.2) is 18.2 Å². The van der Waals surface area contributed by atoms with Crippen molar-refractivity contribution < 1.29 is 4.74 Å². The molecule has 22 heavy (non-hydrogen) atoms. The first kappa shape index (κ1) is 17.1. The van der Waals surface area contributed by atoms with E-state index in [0.29, 0.717) is 0 Å². The number of hydrogen-bond donors (Lipinski definition) is 1. The molecule has 3 heteroatoms. The van der Waals surface area contributed by atoms with Gasteiger partial charge in [-0.2, -0.15) is 0 Å². The first-order chi connectivity index (χ1) is 10.5. The van der Waals surface area contributed by atoms with E-state index < -0.39 is 0 Å². The largest absolute Gasteiger partial charge is 0.489 e. The van der Waals surface area contributed by atoms with Crippen LogP contribution in [0.1, 0.15) is 46.6 Å². The number of piperidine rings is 1. The quantitative estimate of drug-likeness (QED) is 0.857. The van der Waals surface area contributed by atoms with E-state index in [1.165, 1.54) is 17.7 Å². The Morgan fingerprint density at radius 2 is 1.91 bits per heavy atom. The van der Waals surface area contributed by atoms with Crippen molar-refractivity contribution in [2.24, 2.45) is 11.8 Å². The fourth-order valence-corrected chi connectivity index (χ4v) is 3.41. The van der Waals surface area contributed by atoms with Crippen LogP contribution in [0.2, 0.25) is 0 Å². The smallest absolute Gasteiger partial charge is 0.143 e. The molecule has 1 aromatic rings. The van der Waals surface area contributed by atoms with E-state index in [-0.39, 0.29) is 6.10 Å². The molecule has 0 saturated carbocycles. The average Bonchev–Trinajstić information content (AvgIpc) is 2.43. The van der Waals surface area contributed by atoms with E-state index in [2.05, 4.69) is 63.0 Å². The van der Waals surface area contributed by atoms with Crippen molar-refractivity contribution in [3.8, 4) is 5.75 Å². The maximum Gasteiger partial charge on any atom is 0.143 e. The molecule has 1 saturated heterocycles. The van der Waals surface area contributed by atoms with E-state index >= 15 is 0 Å². The predicted molar refractivity (Wildman–Crippen MR) is 94.7 cm³/mol. The van der Waals surface area contributed by atoms with Crippen LogP contribution in [0.25, 0.3) is 0 Å². The van der Waals surface area contributed by atoms with Gasteiger partial charge in [-0.1, -0.05) is 26.8 Å². The molecular weight excluding hydrogens is 272 g/mol. The molecule has 124 valence electrons. The molecule has 2 atom stereocenters. The molecule has 0 amide bonds. The molecular formula is C19H32N2O. The lowest BCUT2D eigenvalue weighted by atomic mass is 9.91. The fourth-order valence-electron chi connectivity index (χ4n) is 3.41. The maximum atomic E-state index is 6.12. The molecule has 2 rings (SSSR count). The average molecular weight is 304 g/mol. The van der Waals surface area contributed by atoms with Gasteiger partial charge in [-0.05, 0) is 56.3 Å². The molecule has 0 aromatic heterocycles. The Hall–Kier alpha value is -1.22. The van der Waals surface area contributed by atoms with Crippen LogP contribution in [0.3, 0.4) is 0 Å². The molecule has 2 unspecified atom stereocenters. The summed E-state index contributed by atoms with van der Waals surface area (Å²) in [5, 5.41) is 3.39. The molecule has 1 aliphatic heterocycles. The topological polar surface area (TPSA) is 24.5 Å². The van der Waals surface area contributed by atoms with Crippen LogP contribution in [0.4, 0.5) is 5.69 Å². The highest BCUT2D eigenvalue weighted by Gasteiger charge is 2.24. The first-order valence-corrected chi connectivity index (χ1v) is 8.74. The van der Waals surface area contributed by atoms with E-state index in [4.69, 9.17) is 4.74 Å². The van der Waals surface area contributed by atoms with E-state index in [9.17, 15) is 0 Å². The Morgan fingerprint density at radius 1 is 1.23 bits per heavy atom. The molecule has 0 radical (unpaired) electrons. The second-order valence-electron chi connectivity index (χ2n) is 7.10. The monoisotopic (exact) mass is 304 g/mol. The summed E-state index contributed by atoms with van der Waals surface area (Å²) in [6, 6.07) is 6.69. The highest BCUT2D eigenvalue weighted by molar-refractivity contribution is 5.60. The minimum Gasteiger partial charge on any atom is -0.489 e. The standard InChI is InChI=1S/C19H32N2O/c1-6-20-11-17-7-8-18(19(10-17)22-14(2)3)21-12-15(4)9-16(5)13-21/h7-8,10,14-16,20H,6,9,11-13H2,1-5H3. The molecule has 3 nitrogen and oxygen atoms in total. The van der Waals surface area contributed by atoms with Crippen LogP contribution >= 0.6 is 0 Å². The zero-order valence-corrected chi connectivity index (χ0v) is 14.9. The Morgan fingerprint density at radius 3 is 2.50 bits per heavy atom. The van der Waals surface area contributed by atoms with Gasteiger partial charge in [0.15, 0.2) is 0 Å². The van der Waals surface area contributed by atoms with Gasteiger partial charge in [0.25, 0.3) is 0 Å². The van der Waals surface area contributed by atoms with Crippen LogP contribution in [-0.4, -0.2) is 25.7 Å². The number of rotatable bonds is 6. The molecule has 1 heterocycles. The van der Waals surface area contributed by atoms with Crippen molar-refractivity contribution in [1.82, 2.24) is 5.32 Å². The summed E-state index contributed by atoms with van der Waals surface area (Å²) in [5.41, 5.74) is 2.55. The van der Waals surface area contributed by atoms with Gasteiger partial charge in [0.1, 0.15) is 5.75 Å². The van der Waals surface area contributed by atoms with Crippen molar-refractivity contribution in [2.75, 3.05) is 24.5 Å². The summed E-state index contributed by atoms with van der Waals surface area (Å²) < 4.78 is 6.12. The summed E-state index contributed by atoms with van der Waals surface area (Å²) in [5.74, 6) is 2.53. The molecule has 1 aliphatic rings. The predicted octanol–water partition coefficient (Wildman–Crippen LogP) is 4.07. The van der Waals surface area contributed by atoms with Crippen molar-refractivity contribution in [3.63, 3.8) is 0 Å². The summed E-state index contributed by atoms with van der Waals surface area (Å²) in [6.07, 6.45) is 1.53. The van der Waals surface area contributed by atoms with Crippen LogP contribution in [0, 0.1) is 11.8 Å². The summed E-state index contributed by atoms with van der Waals surface area (Å²) in [7, 11) is 0. The number of benzene rings is 1. The lowest BCUT2D eigenvalue weighted by Gasteiger charge is -2.37. The molecule has 0 spiro atoms. The zero-order valence-electron chi connectivity index (χ0n) is 14.9. The number of anilines is 1. The number of nitrogens with one attached hydrogen (secondary N) is 1. The number of nitrogens with zero attached hydrogens (tertiary/aromatic N) is 1. The van der Waals surface area contributed by atoms with Gasteiger partial charge in [-0.25, -0.2) is 0 Å². The van der Waals surface area contributed by atoms with E-state index in [0.717, 1.165) is 43.8 Å². The number of hydrogen-bond acceptors (Lipinski definition) is 3. The minimum absolute atomic E-state index is 0.202. The molecule has 1 N–H and O–H groups in total. The van der Waals surface area contributed by atoms with E-state index in [1.54, 1.807) is 0 Å². The van der Waals surface area contributed by atoms with Crippen molar-refractivity contribution in [1.29, 1.82) is 0 Å². The van der Waals surface area contributed by atoms with Gasteiger partial charge >= 0.3 is 0 Å². The fraction of sp³-hybridized carbons (Fsp3) is 0.684.